The van der Waals surface area contributed by atoms with Crippen molar-refractivity contribution in [3.63, 3.8) is 0 Å². The zero-order valence-electron chi connectivity index (χ0n) is 9.20. The lowest BCUT2D eigenvalue weighted by Crippen LogP contribution is -2.00. The Kier molecular flexibility index (Phi) is 3.46. The van der Waals surface area contributed by atoms with E-state index in [1.807, 2.05) is 17.9 Å². The lowest BCUT2D eigenvalue weighted by atomic mass is 10.3. The highest BCUT2D eigenvalue weighted by molar-refractivity contribution is 7.15. The highest BCUT2D eigenvalue weighted by atomic mass is 35.5. The van der Waals surface area contributed by atoms with Crippen LogP contribution < -0.4 is 5.32 Å². The molecular weight excluding hydrogens is 244 g/mol. The van der Waals surface area contributed by atoms with Gasteiger partial charge in [-0.15, -0.1) is 11.3 Å². The van der Waals surface area contributed by atoms with Crippen LogP contribution in [0.4, 0.5) is 5.69 Å². The molecule has 2 heterocycles. The molecule has 0 fully saturated rings. The van der Waals surface area contributed by atoms with Gasteiger partial charge in [-0.05, 0) is 6.42 Å². The Morgan fingerprint density at radius 3 is 3.00 bits per heavy atom. The molecule has 1 N–H and O–H groups in total. The van der Waals surface area contributed by atoms with Gasteiger partial charge in [0, 0.05) is 13.2 Å². The molecule has 2 rings (SSSR count). The smallest absolute Gasteiger partial charge is 0.113 e. The van der Waals surface area contributed by atoms with E-state index in [-0.39, 0.29) is 0 Å². The lowest BCUT2D eigenvalue weighted by molar-refractivity contribution is 0.746. The summed E-state index contributed by atoms with van der Waals surface area (Å²) in [6.07, 6.45) is 4.57. The second kappa shape index (κ2) is 4.84. The summed E-state index contributed by atoms with van der Waals surface area (Å²) >= 11 is 7.31. The maximum Gasteiger partial charge on any atom is 0.113 e. The van der Waals surface area contributed by atoms with Crippen molar-refractivity contribution in [2.45, 2.75) is 19.9 Å². The van der Waals surface area contributed by atoms with Crippen molar-refractivity contribution in [1.29, 1.82) is 0 Å². The fraction of sp³-hybridized carbons (Fsp3) is 0.400. The number of aryl methyl sites for hydroxylation is 2. The largest absolute Gasteiger partial charge is 0.376 e. The molecule has 0 aliphatic rings. The summed E-state index contributed by atoms with van der Waals surface area (Å²) in [6.45, 7) is 2.78. The molecule has 0 atom stereocenters. The van der Waals surface area contributed by atoms with Crippen LogP contribution in [0.15, 0.2) is 12.4 Å². The third-order valence-electron chi connectivity index (χ3n) is 2.20. The van der Waals surface area contributed by atoms with Crippen LogP contribution in [0.3, 0.4) is 0 Å². The van der Waals surface area contributed by atoms with Crippen LogP contribution in [0, 0.1) is 0 Å². The van der Waals surface area contributed by atoms with Gasteiger partial charge in [-0.1, -0.05) is 18.5 Å². The van der Waals surface area contributed by atoms with E-state index in [0.29, 0.717) is 6.54 Å². The summed E-state index contributed by atoms with van der Waals surface area (Å²) in [5, 5.41) is 8.66. The van der Waals surface area contributed by atoms with E-state index in [1.165, 1.54) is 11.3 Å². The SMILES string of the molecule is CCc1nn(C)cc1NCc1ncc(Cl)s1. The van der Waals surface area contributed by atoms with Crippen LogP contribution in [-0.4, -0.2) is 14.8 Å². The minimum absolute atomic E-state index is 0.691. The van der Waals surface area contributed by atoms with E-state index in [9.17, 15) is 0 Å². The molecule has 0 saturated carbocycles. The number of nitrogens with one attached hydrogen (secondary N) is 1. The van der Waals surface area contributed by atoms with Crippen LogP contribution in [0.1, 0.15) is 17.6 Å². The van der Waals surface area contributed by atoms with Crippen LogP contribution in [0.5, 0.6) is 0 Å². The third kappa shape index (κ3) is 2.54. The molecule has 0 unspecified atom stereocenters. The standard InChI is InChI=1S/C10H13ClN4S/c1-3-7-8(6-15(2)14-7)12-5-10-13-4-9(11)16-10/h4,6,12H,3,5H2,1-2H3. The Balaban J connectivity index is 2.04. The van der Waals surface area contributed by atoms with Gasteiger partial charge in [-0.25, -0.2) is 4.98 Å². The zero-order chi connectivity index (χ0) is 11.5. The number of anilines is 1. The normalized spacial score (nSPS) is 10.7. The zero-order valence-corrected chi connectivity index (χ0v) is 10.8. The van der Waals surface area contributed by atoms with Crippen LogP contribution >= 0.6 is 22.9 Å². The molecule has 0 aliphatic carbocycles. The van der Waals surface area contributed by atoms with Gasteiger partial charge in [0.05, 0.1) is 24.1 Å². The number of hydrogen-bond acceptors (Lipinski definition) is 4. The third-order valence-corrected chi connectivity index (χ3v) is 3.31. The quantitative estimate of drug-likeness (QED) is 0.915. The first-order valence-electron chi connectivity index (χ1n) is 5.05. The van der Waals surface area contributed by atoms with Gasteiger partial charge >= 0.3 is 0 Å². The highest BCUT2D eigenvalue weighted by Gasteiger charge is 2.06. The first-order chi connectivity index (χ1) is 7.69. The predicted molar refractivity (Wildman–Crippen MR) is 67.0 cm³/mol. The van der Waals surface area contributed by atoms with E-state index in [1.54, 1.807) is 6.20 Å². The minimum atomic E-state index is 0.691. The summed E-state index contributed by atoms with van der Waals surface area (Å²) in [7, 11) is 1.92. The van der Waals surface area contributed by atoms with Crippen molar-refractivity contribution in [3.8, 4) is 0 Å². The minimum Gasteiger partial charge on any atom is -0.376 e. The van der Waals surface area contributed by atoms with Crippen molar-refractivity contribution < 1.29 is 0 Å². The van der Waals surface area contributed by atoms with Crippen molar-refractivity contribution in [3.05, 3.63) is 27.4 Å². The van der Waals surface area contributed by atoms with E-state index in [0.717, 1.165) is 27.1 Å². The van der Waals surface area contributed by atoms with Crippen LogP contribution in [0.2, 0.25) is 4.34 Å². The number of halogens is 1. The van der Waals surface area contributed by atoms with Crippen molar-refractivity contribution in [1.82, 2.24) is 14.8 Å². The van der Waals surface area contributed by atoms with Gasteiger partial charge in [0.2, 0.25) is 0 Å². The average molecular weight is 257 g/mol. The Hall–Kier alpha value is -1.07. The maximum absolute atomic E-state index is 5.82. The van der Waals surface area contributed by atoms with Gasteiger partial charge in [0.25, 0.3) is 0 Å². The van der Waals surface area contributed by atoms with E-state index >= 15 is 0 Å². The fourth-order valence-electron chi connectivity index (χ4n) is 1.48. The Bertz CT molecular complexity index is 477. The maximum atomic E-state index is 5.82. The highest BCUT2D eigenvalue weighted by Crippen LogP contribution is 2.20. The lowest BCUT2D eigenvalue weighted by Gasteiger charge is -2.02. The molecule has 86 valence electrons. The second-order valence-corrected chi connectivity index (χ2v) is 5.17. The van der Waals surface area contributed by atoms with Gasteiger partial charge in [0.15, 0.2) is 0 Å². The number of rotatable bonds is 4. The van der Waals surface area contributed by atoms with Gasteiger partial charge in [0.1, 0.15) is 9.34 Å². The van der Waals surface area contributed by atoms with Gasteiger partial charge in [-0.3, -0.25) is 4.68 Å². The Labute approximate surface area is 103 Å². The van der Waals surface area contributed by atoms with E-state index < -0.39 is 0 Å². The second-order valence-electron chi connectivity index (χ2n) is 3.43. The Morgan fingerprint density at radius 1 is 1.56 bits per heavy atom. The number of aromatic nitrogens is 3. The molecule has 0 amide bonds. The molecule has 16 heavy (non-hydrogen) atoms. The fourth-order valence-corrected chi connectivity index (χ4v) is 2.38. The first-order valence-corrected chi connectivity index (χ1v) is 6.25. The predicted octanol–water partition coefficient (Wildman–Crippen LogP) is 2.70. The van der Waals surface area contributed by atoms with Crippen molar-refractivity contribution in [2.75, 3.05) is 5.32 Å². The van der Waals surface area contributed by atoms with Crippen molar-refractivity contribution >= 4 is 28.6 Å². The monoisotopic (exact) mass is 256 g/mol. The van der Waals surface area contributed by atoms with E-state index in [2.05, 4.69) is 22.3 Å². The molecule has 2 aromatic rings. The molecule has 0 radical (unpaired) electrons. The van der Waals surface area contributed by atoms with Crippen molar-refractivity contribution in [2.24, 2.45) is 7.05 Å². The summed E-state index contributed by atoms with van der Waals surface area (Å²) in [6, 6.07) is 0. The average Bonchev–Trinajstić information content (AvgIpc) is 2.81. The molecule has 0 spiro atoms. The summed E-state index contributed by atoms with van der Waals surface area (Å²) in [5.74, 6) is 0. The topological polar surface area (TPSA) is 42.7 Å². The molecule has 0 bridgehead atoms. The summed E-state index contributed by atoms with van der Waals surface area (Å²) in [4.78, 5) is 4.19. The first kappa shape index (κ1) is 11.4. The van der Waals surface area contributed by atoms with Gasteiger partial charge < -0.3 is 5.32 Å². The number of hydrogen-bond donors (Lipinski definition) is 1. The van der Waals surface area contributed by atoms with Crippen LogP contribution in [0.25, 0.3) is 0 Å². The van der Waals surface area contributed by atoms with E-state index in [4.69, 9.17) is 11.6 Å². The molecule has 4 nitrogen and oxygen atoms in total. The summed E-state index contributed by atoms with van der Waals surface area (Å²) in [5.41, 5.74) is 2.14. The molecule has 0 aromatic carbocycles. The molecular formula is C10H13ClN4S. The van der Waals surface area contributed by atoms with Gasteiger partial charge in [-0.2, -0.15) is 5.10 Å². The van der Waals surface area contributed by atoms with Crippen LogP contribution in [-0.2, 0) is 20.0 Å². The molecule has 6 heteroatoms. The summed E-state index contributed by atoms with van der Waals surface area (Å²) < 4.78 is 2.54. The Morgan fingerprint density at radius 2 is 2.38 bits per heavy atom. The molecule has 2 aromatic heterocycles. The molecule has 0 aliphatic heterocycles. The number of thiazole rings is 1. The molecule has 0 saturated heterocycles. The number of nitrogens with zero attached hydrogens (tertiary/aromatic N) is 3.